The first-order valence-electron chi connectivity index (χ1n) is 8.34. The van der Waals surface area contributed by atoms with Crippen molar-refractivity contribution in [3.63, 3.8) is 0 Å². The van der Waals surface area contributed by atoms with Crippen molar-refractivity contribution in [3.05, 3.63) is 71.8 Å². The first-order valence-corrected chi connectivity index (χ1v) is 8.34. The van der Waals surface area contributed by atoms with Crippen LogP contribution in [-0.4, -0.2) is 30.4 Å². The molecule has 0 aliphatic heterocycles. The molecule has 0 spiro atoms. The molecule has 0 heterocycles. The molecule has 0 aliphatic carbocycles. The predicted molar refractivity (Wildman–Crippen MR) is 95.3 cm³/mol. The van der Waals surface area contributed by atoms with Crippen LogP contribution in [0.25, 0.3) is 0 Å². The van der Waals surface area contributed by atoms with E-state index in [1.54, 1.807) is 0 Å². The third kappa shape index (κ3) is 5.22. The van der Waals surface area contributed by atoms with Crippen molar-refractivity contribution in [1.82, 2.24) is 10.2 Å². The van der Waals surface area contributed by atoms with E-state index in [-0.39, 0.29) is 11.9 Å². The zero-order valence-electron chi connectivity index (χ0n) is 14.0. The summed E-state index contributed by atoms with van der Waals surface area (Å²) in [6, 6.07) is 20.9. The van der Waals surface area contributed by atoms with E-state index >= 15 is 0 Å². The van der Waals surface area contributed by atoms with E-state index in [1.807, 2.05) is 43.0 Å². The fourth-order valence-corrected chi connectivity index (χ4v) is 2.74. The maximum Gasteiger partial charge on any atom is 0.236 e. The summed E-state index contributed by atoms with van der Waals surface area (Å²) < 4.78 is 0. The molecule has 1 amide bonds. The first kappa shape index (κ1) is 17.2. The number of hydrogen-bond acceptors (Lipinski definition) is 2. The molecule has 0 fully saturated rings. The second-order valence-electron chi connectivity index (χ2n) is 5.60. The van der Waals surface area contributed by atoms with Crippen LogP contribution in [0.4, 0.5) is 0 Å². The van der Waals surface area contributed by atoms with Crippen molar-refractivity contribution in [2.75, 3.05) is 19.6 Å². The van der Waals surface area contributed by atoms with Crippen LogP contribution < -0.4 is 5.32 Å². The zero-order valence-corrected chi connectivity index (χ0v) is 14.0. The molecule has 3 heteroatoms. The van der Waals surface area contributed by atoms with Crippen LogP contribution in [0.3, 0.4) is 0 Å². The average molecular weight is 310 g/mol. The Balaban J connectivity index is 2.07. The largest absolute Gasteiger partial charge is 0.342 e. The standard InChI is InChI=1S/C20H26N2O/c1-3-22(4-2)20(23)16-21-19(18-13-9-6-10-14-18)15-17-11-7-5-8-12-17/h5-14,19,21H,3-4,15-16H2,1-2H3. The van der Waals surface area contributed by atoms with Crippen molar-refractivity contribution in [3.8, 4) is 0 Å². The minimum atomic E-state index is 0.137. The fourth-order valence-electron chi connectivity index (χ4n) is 2.74. The molecule has 0 saturated heterocycles. The van der Waals surface area contributed by atoms with Crippen LogP contribution in [0, 0.1) is 0 Å². The maximum absolute atomic E-state index is 12.3. The second-order valence-corrected chi connectivity index (χ2v) is 5.60. The van der Waals surface area contributed by atoms with Gasteiger partial charge in [0.15, 0.2) is 0 Å². The first-order chi connectivity index (χ1) is 11.2. The van der Waals surface area contributed by atoms with Gasteiger partial charge in [-0.2, -0.15) is 0 Å². The average Bonchev–Trinajstić information content (AvgIpc) is 2.61. The molecule has 2 aromatic carbocycles. The van der Waals surface area contributed by atoms with Crippen molar-refractivity contribution in [2.24, 2.45) is 0 Å². The minimum absolute atomic E-state index is 0.137. The van der Waals surface area contributed by atoms with E-state index in [2.05, 4.69) is 41.7 Å². The lowest BCUT2D eigenvalue weighted by Crippen LogP contribution is -2.39. The van der Waals surface area contributed by atoms with Crippen molar-refractivity contribution >= 4 is 5.91 Å². The molecule has 0 radical (unpaired) electrons. The van der Waals surface area contributed by atoms with Gasteiger partial charge in [0.25, 0.3) is 0 Å². The van der Waals surface area contributed by atoms with Crippen LogP contribution in [0.1, 0.15) is 31.0 Å². The number of nitrogens with one attached hydrogen (secondary N) is 1. The molecule has 2 rings (SSSR count). The Hall–Kier alpha value is -2.13. The molecule has 122 valence electrons. The van der Waals surface area contributed by atoms with E-state index in [0.717, 1.165) is 19.5 Å². The normalized spacial score (nSPS) is 11.9. The van der Waals surface area contributed by atoms with Gasteiger partial charge in [0, 0.05) is 19.1 Å². The summed E-state index contributed by atoms with van der Waals surface area (Å²) in [5.41, 5.74) is 2.48. The molecule has 1 unspecified atom stereocenters. The summed E-state index contributed by atoms with van der Waals surface area (Å²) in [7, 11) is 0. The lowest BCUT2D eigenvalue weighted by Gasteiger charge is -2.23. The highest BCUT2D eigenvalue weighted by Crippen LogP contribution is 2.18. The highest BCUT2D eigenvalue weighted by atomic mass is 16.2. The number of hydrogen-bond donors (Lipinski definition) is 1. The Morgan fingerprint density at radius 3 is 2.09 bits per heavy atom. The molecule has 1 N–H and O–H groups in total. The molecular weight excluding hydrogens is 284 g/mol. The van der Waals surface area contributed by atoms with E-state index in [9.17, 15) is 4.79 Å². The molecule has 1 atom stereocenters. The number of likely N-dealkylation sites (N-methyl/N-ethyl adjacent to an activating group) is 1. The monoisotopic (exact) mass is 310 g/mol. The highest BCUT2D eigenvalue weighted by Gasteiger charge is 2.15. The zero-order chi connectivity index (χ0) is 16.5. The maximum atomic E-state index is 12.3. The topological polar surface area (TPSA) is 32.3 Å². The summed E-state index contributed by atoms with van der Waals surface area (Å²) in [5.74, 6) is 0.156. The Kier molecular flexibility index (Phi) is 6.82. The Bertz CT molecular complexity index is 579. The smallest absolute Gasteiger partial charge is 0.236 e. The van der Waals surface area contributed by atoms with Gasteiger partial charge in [0.05, 0.1) is 6.54 Å². The van der Waals surface area contributed by atoms with Crippen LogP contribution in [-0.2, 0) is 11.2 Å². The molecule has 3 nitrogen and oxygen atoms in total. The molecule has 0 aromatic heterocycles. The van der Waals surface area contributed by atoms with Gasteiger partial charge in [-0.05, 0) is 31.4 Å². The third-order valence-corrected chi connectivity index (χ3v) is 4.10. The SMILES string of the molecule is CCN(CC)C(=O)CNC(Cc1ccccc1)c1ccccc1. The van der Waals surface area contributed by atoms with Gasteiger partial charge in [0.2, 0.25) is 5.91 Å². The molecule has 2 aromatic rings. The van der Waals surface area contributed by atoms with Gasteiger partial charge in [-0.15, -0.1) is 0 Å². The van der Waals surface area contributed by atoms with Crippen LogP contribution in [0.5, 0.6) is 0 Å². The van der Waals surface area contributed by atoms with Crippen molar-refractivity contribution in [2.45, 2.75) is 26.3 Å². The Morgan fingerprint density at radius 1 is 0.957 bits per heavy atom. The Labute approximate surface area is 139 Å². The number of carbonyl (C=O) groups excluding carboxylic acids is 1. The summed E-state index contributed by atoms with van der Waals surface area (Å²) in [6.07, 6.45) is 0.871. The number of amides is 1. The van der Waals surface area contributed by atoms with Gasteiger partial charge in [-0.25, -0.2) is 0 Å². The quantitative estimate of drug-likeness (QED) is 0.810. The minimum Gasteiger partial charge on any atom is -0.342 e. The number of benzene rings is 2. The lowest BCUT2D eigenvalue weighted by atomic mass is 9.99. The fraction of sp³-hybridized carbons (Fsp3) is 0.350. The van der Waals surface area contributed by atoms with E-state index < -0.39 is 0 Å². The van der Waals surface area contributed by atoms with E-state index in [4.69, 9.17) is 0 Å². The highest BCUT2D eigenvalue weighted by molar-refractivity contribution is 5.78. The molecular formula is C20H26N2O. The number of nitrogens with zero attached hydrogens (tertiary/aromatic N) is 1. The number of rotatable bonds is 8. The van der Waals surface area contributed by atoms with Gasteiger partial charge < -0.3 is 10.2 Å². The van der Waals surface area contributed by atoms with E-state index in [0.29, 0.717) is 6.54 Å². The molecule has 23 heavy (non-hydrogen) atoms. The van der Waals surface area contributed by atoms with Crippen molar-refractivity contribution in [1.29, 1.82) is 0 Å². The Morgan fingerprint density at radius 2 is 1.52 bits per heavy atom. The predicted octanol–water partition coefficient (Wildman–Crippen LogP) is 3.43. The number of carbonyl (C=O) groups is 1. The summed E-state index contributed by atoms with van der Waals surface area (Å²) in [5, 5.41) is 3.44. The van der Waals surface area contributed by atoms with Crippen LogP contribution in [0.15, 0.2) is 60.7 Å². The van der Waals surface area contributed by atoms with Gasteiger partial charge in [0.1, 0.15) is 0 Å². The van der Waals surface area contributed by atoms with Gasteiger partial charge in [-0.3, -0.25) is 4.79 Å². The molecule has 0 bridgehead atoms. The van der Waals surface area contributed by atoms with Gasteiger partial charge in [-0.1, -0.05) is 60.7 Å². The molecule has 0 saturated carbocycles. The second kappa shape index (κ2) is 9.11. The van der Waals surface area contributed by atoms with Crippen LogP contribution in [0.2, 0.25) is 0 Å². The summed E-state index contributed by atoms with van der Waals surface area (Å²) in [4.78, 5) is 14.1. The summed E-state index contributed by atoms with van der Waals surface area (Å²) in [6.45, 7) is 5.91. The van der Waals surface area contributed by atoms with E-state index in [1.165, 1.54) is 11.1 Å². The molecule has 0 aliphatic rings. The lowest BCUT2D eigenvalue weighted by molar-refractivity contribution is -0.130. The van der Waals surface area contributed by atoms with Gasteiger partial charge >= 0.3 is 0 Å². The van der Waals surface area contributed by atoms with Crippen molar-refractivity contribution < 1.29 is 4.79 Å². The summed E-state index contributed by atoms with van der Waals surface area (Å²) >= 11 is 0. The third-order valence-electron chi connectivity index (χ3n) is 4.10. The van der Waals surface area contributed by atoms with Crippen LogP contribution >= 0.6 is 0 Å².